The summed E-state index contributed by atoms with van der Waals surface area (Å²) in [5, 5.41) is 8.86. The van der Waals surface area contributed by atoms with Gasteiger partial charge in [-0.05, 0) is 18.4 Å². The molecule has 0 aromatic heterocycles. The van der Waals surface area contributed by atoms with Gasteiger partial charge in [0, 0.05) is 0 Å². The highest BCUT2D eigenvalue weighted by molar-refractivity contribution is 5.81. The van der Waals surface area contributed by atoms with Gasteiger partial charge in [0.25, 0.3) is 0 Å². The van der Waals surface area contributed by atoms with Crippen LogP contribution in [0.2, 0.25) is 0 Å². The number of fused-ring (bicyclic) bond motifs is 1. The average molecular weight is 151 g/mol. The van der Waals surface area contributed by atoms with Gasteiger partial charge in [0.1, 0.15) is 6.17 Å². The monoisotopic (exact) mass is 151 g/mol. The van der Waals surface area contributed by atoms with Crippen molar-refractivity contribution in [2.24, 2.45) is 0 Å². The van der Waals surface area contributed by atoms with Crippen LogP contribution >= 0.6 is 0 Å². The van der Waals surface area contributed by atoms with E-state index in [0.29, 0.717) is 6.54 Å². The SMILES string of the molecule is O=C1CNC2NC=CC=C2N1. The van der Waals surface area contributed by atoms with Crippen LogP contribution in [0.25, 0.3) is 0 Å². The summed E-state index contributed by atoms with van der Waals surface area (Å²) in [5.41, 5.74) is 0.892. The van der Waals surface area contributed by atoms with Crippen LogP contribution in [-0.4, -0.2) is 18.6 Å². The molecule has 2 rings (SSSR count). The molecular weight excluding hydrogens is 142 g/mol. The maximum Gasteiger partial charge on any atom is 0.238 e. The zero-order valence-corrected chi connectivity index (χ0v) is 5.92. The Morgan fingerprint density at radius 3 is 3.36 bits per heavy atom. The van der Waals surface area contributed by atoms with Gasteiger partial charge in [0.05, 0.1) is 12.2 Å². The molecule has 2 aliphatic rings. The third kappa shape index (κ3) is 1.12. The first-order chi connectivity index (χ1) is 5.36. The Hall–Kier alpha value is -1.29. The number of carbonyl (C=O) groups excluding carboxylic acids is 1. The Morgan fingerprint density at radius 2 is 2.45 bits per heavy atom. The molecule has 2 aliphatic heterocycles. The van der Waals surface area contributed by atoms with E-state index >= 15 is 0 Å². The zero-order chi connectivity index (χ0) is 7.68. The lowest BCUT2D eigenvalue weighted by Crippen LogP contribution is -2.55. The van der Waals surface area contributed by atoms with E-state index in [0.717, 1.165) is 5.70 Å². The zero-order valence-electron chi connectivity index (χ0n) is 5.92. The van der Waals surface area contributed by atoms with Gasteiger partial charge < -0.3 is 10.6 Å². The normalized spacial score (nSPS) is 28.2. The highest BCUT2D eigenvalue weighted by Crippen LogP contribution is 2.03. The predicted octanol–water partition coefficient (Wildman–Crippen LogP) is -0.967. The molecule has 1 unspecified atom stereocenters. The third-order valence-corrected chi connectivity index (χ3v) is 1.70. The van der Waals surface area contributed by atoms with Crippen molar-refractivity contribution in [3.05, 3.63) is 24.0 Å². The Bertz CT molecular complexity index is 244. The molecule has 0 aromatic rings. The topological polar surface area (TPSA) is 53.2 Å². The fraction of sp³-hybridized carbons (Fsp3) is 0.286. The minimum Gasteiger partial charge on any atom is -0.371 e. The summed E-state index contributed by atoms with van der Waals surface area (Å²) in [6.45, 7) is 0.378. The maximum absolute atomic E-state index is 10.9. The van der Waals surface area contributed by atoms with E-state index in [9.17, 15) is 4.79 Å². The van der Waals surface area contributed by atoms with Crippen molar-refractivity contribution in [1.29, 1.82) is 0 Å². The molecule has 3 N–H and O–H groups in total. The molecule has 58 valence electrons. The van der Waals surface area contributed by atoms with E-state index in [2.05, 4.69) is 16.0 Å². The number of hydrogen-bond donors (Lipinski definition) is 3. The van der Waals surface area contributed by atoms with Crippen LogP contribution in [0.5, 0.6) is 0 Å². The molecule has 4 nitrogen and oxygen atoms in total. The number of carbonyl (C=O) groups is 1. The van der Waals surface area contributed by atoms with E-state index in [4.69, 9.17) is 0 Å². The summed E-state index contributed by atoms with van der Waals surface area (Å²) in [6, 6.07) is 0. The summed E-state index contributed by atoms with van der Waals surface area (Å²) in [5.74, 6) is 0.0181. The molecule has 0 aromatic carbocycles. The quantitative estimate of drug-likeness (QED) is 0.417. The molecule has 1 atom stereocenters. The predicted molar refractivity (Wildman–Crippen MR) is 40.3 cm³/mol. The summed E-state index contributed by atoms with van der Waals surface area (Å²) in [4.78, 5) is 10.9. The summed E-state index contributed by atoms with van der Waals surface area (Å²) in [6.07, 6.45) is 5.67. The molecule has 11 heavy (non-hydrogen) atoms. The van der Waals surface area contributed by atoms with Crippen molar-refractivity contribution in [3.63, 3.8) is 0 Å². The van der Waals surface area contributed by atoms with Crippen LogP contribution in [0.1, 0.15) is 0 Å². The Kier molecular flexibility index (Phi) is 1.40. The number of hydrogen-bond acceptors (Lipinski definition) is 3. The van der Waals surface area contributed by atoms with Gasteiger partial charge in [0.15, 0.2) is 0 Å². The van der Waals surface area contributed by atoms with Crippen LogP contribution in [0.3, 0.4) is 0 Å². The number of piperazine rings is 1. The highest BCUT2D eigenvalue weighted by atomic mass is 16.2. The van der Waals surface area contributed by atoms with Gasteiger partial charge in [-0.3, -0.25) is 10.1 Å². The molecule has 1 fully saturated rings. The van der Waals surface area contributed by atoms with E-state index in [1.165, 1.54) is 0 Å². The van der Waals surface area contributed by atoms with Crippen molar-refractivity contribution in [2.75, 3.05) is 6.54 Å². The van der Waals surface area contributed by atoms with Crippen molar-refractivity contribution in [2.45, 2.75) is 6.17 Å². The van der Waals surface area contributed by atoms with Gasteiger partial charge >= 0.3 is 0 Å². The van der Waals surface area contributed by atoms with E-state index in [-0.39, 0.29) is 12.1 Å². The molecule has 0 saturated carbocycles. The molecule has 2 heterocycles. The van der Waals surface area contributed by atoms with Gasteiger partial charge in [-0.15, -0.1) is 0 Å². The smallest absolute Gasteiger partial charge is 0.238 e. The lowest BCUT2D eigenvalue weighted by atomic mass is 10.2. The van der Waals surface area contributed by atoms with Crippen molar-refractivity contribution in [1.82, 2.24) is 16.0 Å². The Morgan fingerprint density at radius 1 is 1.55 bits per heavy atom. The molecule has 4 heteroatoms. The molecule has 0 bridgehead atoms. The van der Waals surface area contributed by atoms with Crippen molar-refractivity contribution in [3.8, 4) is 0 Å². The molecule has 0 radical (unpaired) electrons. The molecule has 0 spiro atoms. The first kappa shape index (κ1) is 6.42. The minimum atomic E-state index is 0.0181. The number of allylic oxidation sites excluding steroid dienone is 2. The summed E-state index contributed by atoms with van der Waals surface area (Å²) in [7, 11) is 0. The van der Waals surface area contributed by atoms with Crippen molar-refractivity contribution >= 4 is 5.91 Å². The fourth-order valence-corrected chi connectivity index (χ4v) is 1.17. The average Bonchev–Trinajstić information content (AvgIpc) is 2.04. The third-order valence-electron chi connectivity index (χ3n) is 1.70. The second kappa shape index (κ2) is 2.39. The number of amides is 1. The number of rotatable bonds is 0. The second-order valence-electron chi connectivity index (χ2n) is 2.51. The number of dihydropyridines is 1. The Labute approximate surface area is 64.3 Å². The van der Waals surface area contributed by atoms with E-state index in [1.807, 2.05) is 18.4 Å². The number of nitrogens with one attached hydrogen (secondary N) is 3. The molecule has 0 aliphatic carbocycles. The van der Waals surface area contributed by atoms with Crippen molar-refractivity contribution < 1.29 is 4.79 Å². The van der Waals surface area contributed by atoms with Gasteiger partial charge in [-0.2, -0.15) is 0 Å². The summed E-state index contributed by atoms with van der Waals surface area (Å²) >= 11 is 0. The first-order valence-electron chi connectivity index (χ1n) is 3.52. The van der Waals surface area contributed by atoms with Gasteiger partial charge in [0.2, 0.25) is 5.91 Å². The second-order valence-corrected chi connectivity index (χ2v) is 2.51. The molecular formula is C7H9N3O. The fourth-order valence-electron chi connectivity index (χ4n) is 1.17. The van der Waals surface area contributed by atoms with Gasteiger partial charge in [-0.1, -0.05) is 0 Å². The van der Waals surface area contributed by atoms with Crippen LogP contribution in [0, 0.1) is 0 Å². The van der Waals surface area contributed by atoms with E-state index in [1.54, 1.807) is 0 Å². The first-order valence-corrected chi connectivity index (χ1v) is 3.52. The molecule has 1 amide bonds. The van der Waals surface area contributed by atoms with Crippen LogP contribution in [0.15, 0.2) is 24.0 Å². The highest BCUT2D eigenvalue weighted by Gasteiger charge is 2.21. The van der Waals surface area contributed by atoms with Gasteiger partial charge in [-0.25, -0.2) is 0 Å². The van der Waals surface area contributed by atoms with E-state index < -0.39 is 0 Å². The molecule has 1 saturated heterocycles. The Balaban J connectivity index is 2.18. The van der Waals surface area contributed by atoms with Crippen LogP contribution < -0.4 is 16.0 Å². The maximum atomic E-state index is 10.9. The lowest BCUT2D eigenvalue weighted by Gasteiger charge is -2.28. The van der Waals surface area contributed by atoms with Crippen LogP contribution in [0.4, 0.5) is 0 Å². The largest absolute Gasteiger partial charge is 0.371 e. The lowest BCUT2D eigenvalue weighted by molar-refractivity contribution is -0.120. The summed E-state index contributed by atoms with van der Waals surface area (Å²) < 4.78 is 0. The standard InChI is InChI=1S/C7H9N3O/c11-6-4-9-7-5(10-6)2-1-3-8-7/h1-3,7-9H,4H2,(H,10,11). The minimum absolute atomic E-state index is 0.0181. The van der Waals surface area contributed by atoms with Crippen LogP contribution in [-0.2, 0) is 4.79 Å².